The summed E-state index contributed by atoms with van der Waals surface area (Å²) in [5.41, 5.74) is 5.14. The molecule has 2 aromatic carbocycles. The van der Waals surface area contributed by atoms with Crippen molar-refractivity contribution in [3.05, 3.63) is 77.4 Å². The van der Waals surface area contributed by atoms with E-state index in [1.54, 1.807) is 12.1 Å². The monoisotopic (exact) mass is 312 g/mol. The number of rotatable bonds is 5. The van der Waals surface area contributed by atoms with E-state index in [2.05, 4.69) is 19.6 Å². The third kappa shape index (κ3) is 4.38. The minimum atomic E-state index is -2.82. The lowest BCUT2D eigenvalue weighted by molar-refractivity contribution is 0.0175. The average Bonchev–Trinajstić information content (AvgIpc) is 2.52. The molecule has 0 amide bonds. The highest BCUT2D eigenvalue weighted by molar-refractivity contribution is 5.67. The summed E-state index contributed by atoms with van der Waals surface area (Å²) in [6, 6.07) is 14.5. The van der Waals surface area contributed by atoms with Gasteiger partial charge in [-0.1, -0.05) is 67.6 Å². The molecule has 0 aliphatic carbocycles. The Balaban J connectivity index is 2.32. The molecule has 0 saturated carbocycles. The Hall–Kier alpha value is -2.22. The number of halogens is 2. The first-order chi connectivity index (χ1) is 10.8. The first-order valence-corrected chi connectivity index (χ1v) is 7.76. The molecule has 0 spiro atoms. The first kappa shape index (κ1) is 17.1. The standard InChI is InChI=1S/C21H22F2/c1-5-17(15(2)3)13-16-9-11-18(12-10-16)19-7-6-8-20(14-19)21(4,22)23/h6-14H,2,5H2,1,3-4H3/b17-13+. The fourth-order valence-electron chi connectivity index (χ4n) is 2.47. The number of hydrogen-bond acceptors (Lipinski definition) is 0. The van der Waals surface area contributed by atoms with Gasteiger partial charge in [0.05, 0.1) is 0 Å². The summed E-state index contributed by atoms with van der Waals surface area (Å²) in [6.45, 7) is 9.00. The molecule has 0 N–H and O–H groups in total. The molecule has 0 aliphatic heterocycles. The summed E-state index contributed by atoms with van der Waals surface area (Å²) in [7, 11) is 0. The quantitative estimate of drug-likeness (QED) is 0.530. The van der Waals surface area contributed by atoms with Gasteiger partial charge in [-0.2, -0.15) is 0 Å². The van der Waals surface area contributed by atoms with E-state index < -0.39 is 5.92 Å². The van der Waals surface area contributed by atoms with Crippen LogP contribution in [0.25, 0.3) is 17.2 Å². The van der Waals surface area contributed by atoms with E-state index in [4.69, 9.17) is 0 Å². The van der Waals surface area contributed by atoms with Gasteiger partial charge in [-0.25, -0.2) is 8.78 Å². The van der Waals surface area contributed by atoms with Gasteiger partial charge in [-0.3, -0.25) is 0 Å². The molecule has 0 atom stereocenters. The molecule has 23 heavy (non-hydrogen) atoms. The van der Waals surface area contributed by atoms with Gasteiger partial charge in [0, 0.05) is 12.5 Å². The van der Waals surface area contributed by atoms with Crippen LogP contribution in [0.15, 0.2) is 66.3 Å². The summed E-state index contributed by atoms with van der Waals surface area (Å²) in [4.78, 5) is 0. The van der Waals surface area contributed by atoms with E-state index in [1.807, 2.05) is 37.3 Å². The molecule has 0 aromatic heterocycles. The van der Waals surface area contributed by atoms with Crippen molar-refractivity contribution in [3.63, 3.8) is 0 Å². The molecule has 0 unspecified atom stereocenters. The van der Waals surface area contributed by atoms with Crippen LogP contribution in [0.1, 0.15) is 38.3 Å². The fraction of sp³-hybridized carbons (Fsp3) is 0.238. The molecule has 120 valence electrons. The summed E-state index contributed by atoms with van der Waals surface area (Å²) in [6.07, 6.45) is 3.05. The Morgan fingerprint density at radius 2 is 1.74 bits per heavy atom. The van der Waals surface area contributed by atoms with E-state index in [0.29, 0.717) is 0 Å². The Morgan fingerprint density at radius 3 is 2.26 bits per heavy atom. The highest BCUT2D eigenvalue weighted by atomic mass is 19.3. The second-order valence-corrected chi connectivity index (χ2v) is 5.89. The SMILES string of the molecule is C=C(C)/C(=C/c1ccc(-c2cccc(C(C)(F)F)c2)cc1)CC. The third-order valence-corrected chi connectivity index (χ3v) is 3.88. The second kappa shape index (κ2) is 6.91. The maximum absolute atomic E-state index is 13.5. The molecule has 0 bridgehead atoms. The van der Waals surface area contributed by atoms with E-state index >= 15 is 0 Å². The average molecular weight is 312 g/mol. The topological polar surface area (TPSA) is 0 Å². The van der Waals surface area contributed by atoms with Crippen LogP contribution < -0.4 is 0 Å². The Labute approximate surface area is 137 Å². The van der Waals surface area contributed by atoms with E-state index in [0.717, 1.165) is 35.6 Å². The highest BCUT2D eigenvalue weighted by Gasteiger charge is 2.24. The zero-order valence-electron chi connectivity index (χ0n) is 13.9. The van der Waals surface area contributed by atoms with E-state index in [9.17, 15) is 8.78 Å². The van der Waals surface area contributed by atoms with Gasteiger partial charge in [0.15, 0.2) is 0 Å². The molecule has 0 radical (unpaired) electrons. The van der Waals surface area contributed by atoms with Crippen LogP contribution in [0.3, 0.4) is 0 Å². The molecule has 0 fully saturated rings. The third-order valence-electron chi connectivity index (χ3n) is 3.88. The largest absolute Gasteiger partial charge is 0.270 e. The Kier molecular flexibility index (Phi) is 5.15. The van der Waals surface area contributed by atoms with Crippen molar-refractivity contribution in [2.75, 3.05) is 0 Å². The Morgan fingerprint density at radius 1 is 1.09 bits per heavy atom. The highest BCUT2D eigenvalue weighted by Crippen LogP contribution is 2.30. The van der Waals surface area contributed by atoms with Crippen LogP contribution in [-0.2, 0) is 5.92 Å². The number of alkyl halides is 2. The minimum Gasteiger partial charge on any atom is -0.202 e. The smallest absolute Gasteiger partial charge is 0.202 e. The minimum absolute atomic E-state index is 0.0366. The molecule has 2 heteroatoms. The van der Waals surface area contributed by atoms with Crippen molar-refractivity contribution in [1.29, 1.82) is 0 Å². The summed E-state index contributed by atoms with van der Waals surface area (Å²) >= 11 is 0. The molecule has 0 nitrogen and oxygen atoms in total. The van der Waals surface area contributed by atoms with Crippen molar-refractivity contribution in [2.45, 2.75) is 33.1 Å². The number of allylic oxidation sites excluding steroid dienone is 2. The predicted molar refractivity (Wildman–Crippen MR) is 94.5 cm³/mol. The van der Waals surface area contributed by atoms with Gasteiger partial charge >= 0.3 is 0 Å². The van der Waals surface area contributed by atoms with Gasteiger partial charge in [0.1, 0.15) is 0 Å². The first-order valence-electron chi connectivity index (χ1n) is 7.76. The van der Waals surface area contributed by atoms with Crippen molar-refractivity contribution in [2.24, 2.45) is 0 Å². The van der Waals surface area contributed by atoms with Crippen molar-refractivity contribution < 1.29 is 8.78 Å². The molecule has 2 rings (SSSR count). The van der Waals surface area contributed by atoms with Gasteiger partial charge < -0.3 is 0 Å². The molecule has 0 heterocycles. The zero-order valence-corrected chi connectivity index (χ0v) is 13.9. The van der Waals surface area contributed by atoms with Gasteiger partial charge in [0.2, 0.25) is 0 Å². The van der Waals surface area contributed by atoms with Crippen LogP contribution in [0.4, 0.5) is 8.78 Å². The second-order valence-electron chi connectivity index (χ2n) is 5.89. The lowest BCUT2D eigenvalue weighted by atomic mass is 9.98. The lowest BCUT2D eigenvalue weighted by Gasteiger charge is -2.12. The molecule has 0 saturated heterocycles. The summed E-state index contributed by atoms with van der Waals surface area (Å²) in [5, 5.41) is 0. The van der Waals surface area contributed by atoms with Gasteiger partial charge in [-0.05, 0) is 41.7 Å². The maximum Gasteiger partial charge on any atom is 0.270 e. The number of hydrogen-bond donors (Lipinski definition) is 0. The number of benzene rings is 2. The molecule has 0 aliphatic rings. The summed E-state index contributed by atoms with van der Waals surface area (Å²) < 4.78 is 26.9. The van der Waals surface area contributed by atoms with Crippen molar-refractivity contribution >= 4 is 6.08 Å². The van der Waals surface area contributed by atoms with E-state index in [1.165, 1.54) is 11.6 Å². The lowest BCUT2D eigenvalue weighted by Crippen LogP contribution is -2.06. The molecule has 2 aromatic rings. The van der Waals surface area contributed by atoms with Crippen molar-refractivity contribution in [3.8, 4) is 11.1 Å². The van der Waals surface area contributed by atoms with E-state index in [-0.39, 0.29) is 5.56 Å². The maximum atomic E-state index is 13.5. The summed E-state index contributed by atoms with van der Waals surface area (Å²) in [5.74, 6) is -2.82. The van der Waals surface area contributed by atoms with Crippen LogP contribution >= 0.6 is 0 Å². The normalized spacial score (nSPS) is 12.3. The fourth-order valence-corrected chi connectivity index (χ4v) is 2.47. The van der Waals surface area contributed by atoms with Crippen LogP contribution in [-0.4, -0.2) is 0 Å². The Bertz CT molecular complexity index is 716. The molecular formula is C21H22F2. The predicted octanol–water partition coefficient (Wildman–Crippen LogP) is 6.83. The van der Waals surface area contributed by atoms with Crippen LogP contribution in [0.5, 0.6) is 0 Å². The van der Waals surface area contributed by atoms with Crippen LogP contribution in [0.2, 0.25) is 0 Å². The van der Waals surface area contributed by atoms with Gasteiger partial charge in [-0.15, -0.1) is 0 Å². The zero-order chi connectivity index (χ0) is 17.0. The van der Waals surface area contributed by atoms with Crippen molar-refractivity contribution in [1.82, 2.24) is 0 Å². The van der Waals surface area contributed by atoms with Gasteiger partial charge in [0.25, 0.3) is 5.92 Å². The van der Waals surface area contributed by atoms with Crippen LogP contribution in [0, 0.1) is 0 Å². The molecular weight excluding hydrogens is 290 g/mol.